The van der Waals surface area contributed by atoms with Gasteiger partial charge in [0.25, 0.3) is 0 Å². The fourth-order valence-electron chi connectivity index (χ4n) is 1.75. The van der Waals surface area contributed by atoms with E-state index in [1.54, 1.807) is 7.11 Å². The zero-order chi connectivity index (χ0) is 13.7. The highest BCUT2D eigenvalue weighted by molar-refractivity contribution is 5.81. The SMILES string of the molecule is COCCC(N)C(=O)NCc1ccc2c(c1)OCO2. The molecule has 0 radical (unpaired) electrons. The van der Waals surface area contributed by atoms with Gasteiger partial charge < -0.3 is 25.3 Å². The van der Waals surface area contributed by atoms with Crippen LogP contribution < -0.4 is 20.5 Å². The Morgan fingerprint density at radius 3 is 3.05 bits per heavy atom. The number of nitrogens with two attached hydrogens (primary N) is 1. The lowest BCUT2D eigenvalue weighted by Gasteiger charge is -2.11. The minimum absolute atomic E-state index is 0.185. The highest BCUT2D eigenvalue weighted by Crippen LogP contribution is 2.32. The predicted molar refractivity (Wildman–Crippen MR) is 68.9 cm³/mol. The Kier molecular flexibility index (Phi) is 4.59. The van der Waals surface area contributed by atoms with Crippen molar-refractivity contribution < 1.29 is 19.0 Å². The van der Waals surface area contributed by atoms with E-state index in [0.29, 0.717) is 25.3 Å². The van der Waals surface area contributed by atoms with E-state index in [0.717, 1.165) is 11.3 Å². The lowest BCUT2D eigenvalue weighted by molar-refractivity contribution is -0.122. The Bertz CT molecular complexity index is 450. The molecule has 3 N–H and O–H groups in total. The number of hydrogen-bond acceptors (Lipinski definition) is 5. The molecule has 1 aliphatic heterocycles. The molecule has 1 aromatic carbocycles. The number of fused-ring (bicyclic) bond motifs is 1. The van der Waals surface area contributed by atoms with Crippen molar-refractivity contribution in [2.24, 2.45) is 5.73 Å². The maximum Gasteiger partial charge on any atom is 0.237 e. The number of methoxy groups -OCH3 is 1. The van der Waals surface area contributed by atoms with Gasteiger partial charge in [-0.3, -0.25) is 4.79 Å². The maximum absolute atomic E-state index is 11.7. The van der Waals surface area contributed by atoms with Gasteiger partial charge in [-0.15, -0.1) is 0 Å². The second kappa shape index (κ2) is 6.40. The zero-order valence-corrected chi connectivity index (χ0v) is 10.8. The molecule has 19 heavy (non-hydrogen) atoms. The maximum atomic E-state index is 11.7. The van der Waals surface area contributed by atoms with Crippen molar-refractivity contribution in [3.63, 3.8) is 0 Å². The lowest BCUT2D eigenvalue weighted by Crippen LogP contribution is -2.40. The minimum atomic E-state index is -0.547. The van der Waals surface area contributed by atoms with E-state index in [1.165, 1.54) is 0 Å². The molecule has 1 unspecified atom stereocenters. The molecule has 6 heteroatoms. The van der Waals surface area contributed by atoms with Gasteiger partial charge in [-0.2, -0.15) is 0 Å². The molecule has 1 heterocycles. The summed E-state index contributed by atoms with van der Waals surface area (Å²) in [4.78, 5) is 11.7. The van der Waals surface area contributed by atoms with Crippen molar-refractivity contribution >= 4 is 5.91 Å². The van der Waals surface area contributed by atoms with Gasteiger partial charge in [-0.1, -0.05) is 6.07 Å². The van der Waals surface area contributed by atoms with Gasteiger partial charge in [0, 0.05) is 20.3 Å². The van der Waals surface area contributed by atoms with Crippen molar-refractivity contribution in [2.45, 2.75) is 19.0 Å². The second-order valence-electron chi connectivity index (χ2n) is 4.29. The van der Waals surface area contributed by atoms with Gasteiger partial charge in [0.2, 0.25) is 12.7 Å². The Morgan fingerprint density at radius 2 is 2.26 bits per heavy atom. The van der Waals surface area contributed by atoms with E-state index in [2.05, 4.69) is 5.32 Å². The third-order valence-corrected chi connectivity index (χ3v) is 2.87. The van der Waals surface area contributed by atoms with Crippen LogP contribution in [0.4, 0.5) is 0 Å². The Balaban J connectivity index is 1.83. The van der Waals surface area contributed by atoms with Crippen LogP contribution in [0.5, 0.6) is 11.5 Å². The fourth-order valence-corrected chi connectivity index (χ4v) is 1.75. The van der Waals surface area contributed by atoms with Crippen molar-refractivity contribution in [1.29, 1.82) is 0 Å². The number of carbonyl (C=O) groups excluding carboxylic acids is 1. The summed E-state index contributed by atoms with van der Waals surface area (Å²) in [5.74, 6) is 1.25. The molecule has 0 aromatic heterocycles. The smallest absolute Gasteiger partial charge is 0.237 e. The first-order chi connectivity index (χ1) is 9.20. The van der Waals surface area contributed by atoms with E-state index in [9.17, 15) is 4.79 Å². The van der Waals surface area contributed by atoms with E-state index in [1.807, 2.05) is 18.2 Å². The molecule has 1 atom stereocenters. The van der Waals surface area contributed by atoms with E-state index in [4.69, 9.17) is 19.9 Å². The van der Waals surface area contributed by atoms with Crippen molar-refractivity contribution in [3.05, 3.63) is 23.8 Å². The molecular formula is C13H18N2O4. The number of benzene rings is 1. The third kappa shape index (κ3) is 3.59. The molecule has 2 rings (SSSR count). The second-order valence-corrected chi connectivity index (χ2v) is 4.29. The summed E-state index contributed by atoms with van der Waals surface area (Å²) in [6.07, 6.45) is 0.503. The molecule has 1 aliphatic rings. The van der Waals surface area contributed by atoms with Gasteiger partial charge in [-0.25, -0.2) is 0 Å². The summed E-state index contributed by atoms with van der Waals surface area (Å²) < 4.78 is 15.4. The lowest BCUT2D eigenvalue weighted by atomic mass is 10.2. The topological polar surface area (TPSA) is 82.8 Å². The van der Waals surface area contributed by atoms with Crippen LogP contribution in [0.15, 0.2) is 18.2 Å². The number of hydrogen-bond donors (Lipinski definition) is 2. The molecule has 1 aromatic rings. The zero-order valence-electron chi connectivity index (χ0n) is 10.8. The van der Waals surface area contributed by atoms with Crippen LogP contribution in [-0.2, 0) is 16.1 Å². The van der Waals surface area contributed by atoms with Crippen LogP contribution in [0.2, 0.25) is 0 Å². The van der Waals surface area contributed by atoms with E-state index < -0.39 is 6.04 Å². The largest absolute Gasteiger partial charge is 0.454 e. The minimum Gasteiger partial charge on any atom is -0.454 e. The van der Waals surface area contributed by atoms with Crippen molar-refractivity contribution in [3.8, 4) is 11.5 Å². The number of carbonyl (C=O) groups is 1. The Labute approximate surface area is 111 Å². The molecule has 0 fully saturated rings. The first kappa shape index (κ1) is 13.6. The molecule has 1 amide bonds. The molecule has 0 saturated heterocycles. The number of ether oxygens (including phenoxy) is 3. The van der Waals surface area contributed by atoms with Crippen LogP contribution in [0, 0.1) is 0 Å². The van der Waals surface area contributed by atoms with Gasteiger partial charge in [0.05, 0.1) is 6.04 Å². The average molecular weight is 266 g/mol. The number of rotatable bonds is 6. The van der Waals surface area contributed by atoms with Gasteiger partial charge in [0.15, 0.2) is 11.5 Å². The van der Waals surface area contributed by atoms with E-state index >= 15 is 0 Å². The standard InChI is InChI=1S/C13H18N2O4/c1-17-5-4-10(14)13(16)15-7-9-2-3-11-12(6-9)19-8-18-11/h2-3,6,10H,4-5,7-8,14H2,1H3,(H,15,16). The highest BCUT2D eigenvalue weighted by atomic mass is 16.7. The number of nitrogens with one attached hydrogen (secondary N) is 1. The monoisotopic (exact) mass is 266 g/mol. The van der Waals surface area contributed by atoms with Gasteiger partial charge >= 0.3 is 0 Å². The molecule has 6 nitrogen and oxygen atoms in total. The quantitative estimate of drug-likeness (QED) is 0.778. The van der Waals surface area contributed by atoms with E-state index in [-0.39, 0.29) is 12.7 Å². The summed E-state index contributed by atoms with van der Waals surface area (Å²) in [7, 11) is 1.58. The van der Waals surface area contributed by atoms with Gasteiger partial charge in [0.1, 0.15) is 0 Å². The molecule has 104 valence electrons. The van der Waals surface area contributed by atoms with Crippen LogP contribution >= 0.6 is 0 Å². The summed E-state index contributed by atoms with van der Waals surface area (Å²) in [5, 5.41) is 2.78. The molecule has 0 bridgehead atoms. The third-order valence-electron chi connectivity index (χ3n) is 2.87. The first-order valence-electron chi connectivity index (χ1n) is 6.11. The van der Waals surface area contributed by atoms with Crippen LogP contribution in [0.25, 0.3) is 0 Å². The average Bonchev–Trinajstić information content (AvgIpc) is 2.89. The van der Waals surface area contributed by atoms with Crippen molar-refractivity contribution in [2.75, 3.05) is 20.5 Å². The van der Waals surface area contributed by atoms with Crippen LogP contribution in [-0.4, -0.2) is 32.5 Å². The van der Waals surface area contributed by atoms with Crippen molar-refractivity contribution in [1.82, 2.24) is 5.32 Å². The molecular weight excluding hydrogens is 248 g/mol. The molecule has 0 saturated carbocycles. The summed E-state index contributed by atoms with van der Waals surface area (Å²) in [6, 6.07) is 5.01. The summed E-state index contributed by atoms with van der Waals surface area (Å²) in [6.45, 7) is 1.13. The first-order valence-corrected chi connectivity index (χ1v) is 6.11. The Hall–Kier alpha value is -1.79. The summed E-state index contributed by atoms with van der Waals surface area (Å²) in [5.41, 5.74) is 6.66. The van der Waals surface area contributed by atoms with Gasteiger partial charge in [-0.05, 0) is 24.1 Å². The highest BCUT2D eigenvalue weighted by Gasteiger charge is 2.15. The fraction of sp³-hybridized carbons (Fsp3) is 0.462. The normalized spacial score (nSPS) is 14.2. The van der Waals surface area contributed by atoms with Crippen LogP contribution in [0.3, 0.4) is 0 Å². The molecule has 0 aliphatic carbocycles. The Morgan fingerprint density at radius 1 is 1.47 bits per heavy atom. The molecule has 0 spiro atoms. The van der Waals surface area contributed by atoms with Crippen LogP contribution in [0.1, 0.15) is 12.0 Å². The number of amides is 1. The predicted octanol–water partition coefficient (Wildman–Crippen LogP) is 0.395. The summed E-state index contributed by atoms with van der Waals surface area (Å²) >= 11 is 0.